The first-order chi connectivity index (χ1) is 16.8. The zero-order valence-electron chi connectivity index (χ0n) is 20.1. The third-order valence-electron chi connectivity index (χ3n) is 6.12. The number of benzene rings is 1. The van der Waals surface area contributed by atoms with E-state index in [4.69, 9.17) is 21.7 Å². The van der Waals surface area contributed by atoms with E-state index in [1.54, 1.807) is 25.3 Å². The van der Waals surface area contributed by atoms with Crippen LogP contribution in [0.5, 0.6) is 0 Å². The minimum atomic E-state index is -0.393. The van der Waals surface area contributed by atoms with Crippen LogP contribution >= 0.6 is 12.2 Å². The Balaban J connectivity index is 1.81. The first-order valence-electron chi connectivity index (χ1n) is 11.4. The number of thiocarbonyl (C=S) groups is 1. The van der Waals surface area contributed by atoms with Crippen molar-refractivity contribution in [1.82, 2.24) is 19.8 Å². The Morgan fingerprint density at radius 3 is 2.63 bits per heavy atom. The molecule has 0 bridgehead atoms. The van der Waals surface area contributed by atoms with Gasteiger partial charge in [0.25, 0.3) is 0 Å². The van der Waals surface area contributed by atoms with Crippen molar-refractivity contribution in [2.75, 3.05) is 20.3 Å². The standard InChI is InChI=1S/C26H28N4O4S/c1-5-34-22(31)15-29-24(23(28-26(29)35)21-11-6-7-12-27-21)20-13-16(2)30(17(20)3)19-10-8-9-18(14-19)25(32)33-4/h6-14,23-24H,5,15H2,1-4H3,(H,28,35)/t23-,24+/m1/s1. The number of aryl methyl sites for hydroxylation is 1. The molecule has 3 aromatic rings. The first kappa shape index (κ1) is 24.4. The van der Waals surface area contributed by atoms with Crippen LogP contribution in [0.4, 0.5) is 0 Å². The summed E-state index contributed by atoms with van der Waals surface area (Å²) in [6, 6.07) is 14.6. The molecule has 1 aliphatic rings. The zero-order valence-corrected chi connectivity index (χ0v) is 21.0. The van der Waals surface area contributed by atoms with Crippen LogP contribution in [0.3, 0.4) is 0 Å². The van der Waals surface area contributed by atoms with Crippen molar-refractivity contribution in [3.8, 4) is 5.69 Å². The van der Waals surface area contributed by atoms with Crippen LogP contribution in [0, 0.1) is 13.8 Å². The third kappa shape index (κ3) is 4.77. The average Bonchev–Trinajstić information content (AvgIpc) is 3.34. The maximum Gasteiger partial charge on any atom is 0.337 e. The topological polar surface area (TPSA) is 85.7 Å². The fourth-order valence-corrected chi connectivity index (χ4v) is 4.94. The van der Waals surface area contributed by atoms with Gasteiger partial charge in [-0.25, -0.2) is 4.79 Å². The second kappa shape index (κ2) is 10.3. The van der Waals surface area contributed by atoms with Gasteiger partial charge in [-0.2, -0.15) is 0 Å². The first-order valence-corrected chi connectivity index (χ1v) is 11.8. The number of carbonyl (C=O) groups excluding carboxylic acids is 2. The maximum atomic E-state index is 12.5. The highest BCUT2D eigenvalue weighted by molar-refractivity contribution is 7.80. The van der Waals surface area contributed by atoms with Crippen LogP contribution in [0.25, 0.3) is 5.69 Å². The van der Waals surface area contributed by atoms with E-state index in [0.717, 1.165) is 28.3 Å². The molecule has 0 radical (unpaired) electrons. The lowest BCUT2D eigenvalue weighted by Gasteiger charge is -2.27. The van der Waals surface area contributed by atoms with Gasteiger partial charge < -0.3 is 24.3 Å². The van der Waals surface area contributed by atoms with Crippen molar-refractivity contribution in [3.05, 3.63) is 82.9 Å². The number of hydrogen-bond acceptors (Lipinski definition) is 6. The second-order valence-corrected chi connectivity index (χ2v) is 8.65. The highest BCUT2D eigenvalue weighted by atomic mass is 32.1. The molecule has 0 amide bonds. The predicted molar refractivity (Wildman–Crippen MR) is 135 cm³/mol. The third-order valence-corrected chi connectivity index (χ3v) is 6.47. The molecule has 1 N–H and O–H groups in total. The summed E-state index contributed by atoms with van der Waals surface area (Å²) in [5.41, 5.74) is 5.08. The summed E-state index contributed by atoms with van der Waals surface area (Å²) >= 11 is 5.65. The lowest BCUT2D eigenvalue weighted by molar-refractivity contribution is -0.143. The largest absolute Gasteiger partial charge is 0.465 e. The molecule has 0 spiro atoms. The molecule has 1 aromatic carbocycles. The molecule has 0 aliphatic carbocycles. The maximum absolute atomic E-state index is 12.5. The Kier molecular flexibility index (Phi) is 7.16. The number of carbonyl (C=O) groups is 2. The number of aromatic nitrogens is 2. The Morgan fingerprint density at radius 2 is 1.94 bits per heavy atom. The minimum Gasteiger partial charge on any atom is -0.465 e. The van der Waals surface area contributed by atoms with Crippen molar-refractivity contribution in [2.45, 2.75) is 32.9 Å². The van der Waals surface area contributed by atoms with Crippen molar-refractivity contribution >= 4 is 29.3 Å². The summed E-state index contributed by atoms with van der Waals surface area (Å²) < 4.78 is 12.2. The highest BCUT2D eigenvalue weighted by Gasteiger charge is 2.42. The van der Waals surface area contributed by atoms with Gasteiger partial charge in [-0.15, -0.1) is 0 Å². The molecular formula is C26H28N4O4S. The lowest BCUT2D eigenvalue weighted by atomic mass is 9.97. The van der Waals surface area contributed by atoms with Gasteiger partial charge in [-0.1, -0.05) is 12.1 Å². The van der Waals surface area contributed by atoms with Crippen molar-refractivity contribution in [2.24, 2.45) is 0 Å². The van der Waals surface area contributed by atoms with Gasteiger partial charge in [-0.3, -0.25) is 9.78 Å². The number of methoxy groups -OCH3 is 1. The summed E-state index contributed by atoms with van der Waals surface area (Å²) in [7, 11) is 1.37. The lowest BCUT2D eigenvalue weighted by Crippen LogP contribution is -2.35. The normalized spacial score (nSPS) is 17.3. The van der Waals surface area contributed by atoms with Gasteiger partial charge in [0.1, 0.15) is 6.54 Å². The summed E-state index contributed by atoms with van der Waals surface area (Å²) in [6.07, 6.45) is 1.74. The second-order valence-electron chi connectivity index (χ2n) is 8.26. The fourth-order valence-electron chi connectivity index (χ4n) is 4.63. The van der Waals surface area contributed by atoms with Gasteiger partial charge in [0, 0.05) is 23.3 Å². The van der Waals surface area contributed by atoms with E-state index in [0.29, 0.717) is 17.3 Å². The quantitative estimate of drug-likeness (QED) is 0.394. The van der Waals surface area contributed by atoms with Gasteiger partial charge in [0.2, 0.25) is 0 Å². The number of ether oxygens (including phenoxy) is 2. The van der Waals surface area contributed by atoms with Crippen molar-refractivity contribution in [3.63, 3.8) is 0 Å². The number of nitrogens with one attached hydrogen (secondary N) is 1. The molecule has 2 atom stereocenters. The molecule has 182 valence electrons. The van der Waals surface area contributed by atoms with E-state index in [9.17, 15) is 9.59 Å². The van der Waals surface area contributed by atoms with E-state index < -0.39 is 5.97 Å². The molecule has 1 saturated heterocycles. The van der Waals surface area contributed by atoms with Gasteiger partial charge in [0.15, 0.2) is 5.11 Å². The van der Waals surface area contributed by atoms with Crippen molar-refractivity contribution in [1.29, 1.82) is 0 Å². The molecule has 3 heterocycles. The van der Waals surface area contributed by atoms with Crippen LogP contribution < -0.4 is 5.32 Å². The van der Waals surface area contributed by atoms with Gasteiger partial charge in [-0.05, 0) is 75.0 Å². The molecule has 1 fully saturated rings. The molecule has 4 rings (SSSR count). The number of hydrogen-bond donors (Lipinski definition) is 1. The molecule has 0 saturated carbocycles. The summed E-state index contributed by atoms with van der Waals surface area (Å²) in [6.45, 7) is 6.13. The number of pyridine rings is 1. The Labute approximate surface area is 209 Å². The van der Waals surface area contributed by atoms with Crippen LogP contribution in [-0.2, 0) is 14.3 Å². The minimum absolute atomic E-state index is 0.0230. The summed E-state index contributed by atoms with van der Waals surface area (Å²) in [4.78, 5) is 31.0. The zero-order chi connectivity index (χ0) is 25.1. The van der Waals surface area contributed by atoms with Crippen LogP contribution in [0.15, 0.2) is 54.7 Å². The van der Waals surface area contributed by atoms with E-state index in [1.807, 2.05) is 49.1 Å². The van der Waals surface area contributed by atoms with Crippen LogP contribution in [0.2, 0.25) is 0 Å². The summed E-state index contributed by atoms with van der Waals surface area (Å²) in [5, 5.41) is 3.83. The molecule has 8 nitrogen and oxygen atoms in total. The SMILES string of the molecule is CCOC(=O)CN1C(=S)N[C@H](c2ccccn2)[C@@H]1c1cc(C)n(-c2cccc(C(=O)OC)c2)c1C. The number of esters is 2. The molecule has 9 heteroatoms. The van der Waals surface area contributed by atoms with Crippen LogP contribution in [-0.4, -0.2) is 51.8 Å². The molecular weight excluding hydrogens is 464 g/mol. The highest BCUT2D eigenvalue weighted by Crippen LogP contribution is 2.41. The molecule has 35 heavy (non-hydrogen) atoms. The van der Waals surface area contributed by atoms with E-state index >= 15 is 0 Å². The Morgan fingerprint density at radius 1 is 1.14 bits per heavy atom. The van der Waals surface area contributed by atoms with Gasteiger partial charge in [0.05, 0.1) is 37.1 Å². The van der Waals surface area contributed by atoms with E-state index in [1.165, 1.54) is 7.11 Å². The van der Waals surface area contributed by atoms with E-state index in [2.05, 4.69) is 20.9 Å². The smallest absolute Gasteiger partial charge is 0.337 e. The number of rotatable bonds is 7. The Hall–Kier alpha value is -3.72. The monoisotopic (exact) mass is 492 g/mol. The van der Waals surface area contributed by atoms with Crippen LogP contribution in [0.1, 0.15) is 52.0 Å². The molecule has 2 aromatic heterocycles. The number of nitrogens with zero attached hydrogens (tertiary/aromatic N) is 3. The molecule has 1 aliphatic heterocycles. The van der Waals surface area contributed by atoms with Crippen molar-refractivity contribution < 1.29 is 19.1 Å². The van der Waals surface area contributed by atoms with E-state index in [-0.39, 0.29) is 24.6 Å². The van der Waals surface area contributed by atoms with Gasteiger partial charge >= 0.3 is 11.9 Å². The fraction of sp³-hybridized carbons (Fsp3) is 0.308. The average molecular weight is 493 g/mol. The predicted octanol–water partition coefficient (Wildman–Crippen LogP) is 3.81. The molecule has 0 unspecified atom stereocenters. The Bertz CT molecular complexity index is 1260. The summed E-state index contributed by atoms with van der Waals surface area (Å²) in [5.74, 6) is -0.737.